The number of ether oxygens (including phenoxy) is 2. The van der Waals surface area contributed by atoms with Gasteiger partial charge in [0.05, 0.1) is 0 Å². The monoisotopic (exact) mass is 341 g/mol. The molecule has 0 saturated carbocycles. The smallest absolute Gasteiger partial charge is 0.257 e. The summed E-state index contributed by atoms with van der Waals surface area (Å²) in [5, 5.41) is 3.38. The van der Waals surface area contributed by atoms with Crippen molar-refractivity contribution < 1.29 is 9.47 Å². The Hall–Kier alpha value is -2.11. The molecule has 1 unspecified atom stereocenters. The zero-order valence-corrected chi connectivity index (χ0v) is 15.1. The first-order chi connectivity index (χ1) is 12.4. The average molecular weight is 341 g/mol. The summed E-state index contributed by atoms with van der Waals surface area (Å²) in [6.45, 7) is 9.92. The Labute approximate surface area is 150 Å². The summed E-state index contributed by atoms with van der Waals surface area (Å²) in [4.78, 5) is 6.71. The number of piperazine rings is 1. The van der Waals surface area contributed by atoms with Gasteiger partial charge in [-0.3, -0.25) is 4.90 Å². The topological polar surface area (TPSA) is 46.6 Å². The van der Waals surface area contributed by atoms with Crippen LogP contribution in [-0.4, -0.2) is 42.7 Å². The van der Waals surface area contributed by atoms with Crippen molar-refractivity contribution in [1.29, 1.82) is 0 Å². The number of pyridine rings is 1. The molecule has 0 amide bonds. The van der Waals surface area contributed by atoms with Crippen molar-refractivity contribution in [3.8, 4) is 11.6 Å². The molecule has 2 aliphatic heterocycles. The normalized spacial score (nSPS) is 19.7. The van der Waals surface area contributed by atoms with Gasteiger partial charge in [-0.25, -0.2) is 4.98 Å². The third-order valence-electron chi connectivity index (χ3n) is 4.35. The van der Waals surface area contributed by atoms with Gasteiger partial charge < -0.3 is 14.8 Å². The summed E-state index contributed by atoms with van der Waals surface area (Å²) in [5.74, 6) is 1.30. The van der Waals surface area contributed by atoms with Gasteiger partial charge in [0.15, 0.2) is 11.9 Å². The number of hydrogen-bond donors (Lipinski definition) is 1. The molecule has 2 aliphatic rings. The van der Waals surface area contributed by atoms with E-state index in [-0.39, 0.29) is 6.10 Å². The number of fused-ring (bicyclic) bond motifs is 1. The van der Waals surface area contributed by atoms with E-state index in [9.17, 15) is 0 Å². The van der Waals surface area contributed by atoms with Crippen LogP contribution in [0.1, 0.15) is 31.1 Å². The molecular formula is C20H27N3O2. The van der Waals surface area contributed by atoms with E-state index >= 15 is 0 Å². The van der Waals surface area contributed by atoms with E-state index in [1.807, 2.05) is 26.0 Å². The quantitative estimate of drug-likeness (QED) is 0.930. The number of nitrogens with zero attached hydrogens (tertiary/aromatic N) is 2. The van der Waals surface area contributed by atoms with E-state index in [2.05, 4.69) is 39.5 Å². The van der Waals surface area contributed by atoms with Crippen molar-refractivity contribution in [2.75, 3.05) is 32.8 Å². The lowest BCUT2D eigenvalue weighted by Crippen LogP contribution is -2.42. The molecule has 0 bridgehead atoms. The molecule has 1 aromatic heterocycles. The summed E-state index contributed by atoms with van der Waals surface area (Å²) in [6, 6.07) is 12.4. The van der Waals surface area contributed by atoms with Gasteiger partial charge >= 0.3 is 0 Å². The molecule has 1 saturated heterocycles. The van der Waals surface area contributed by atoms with E-state index < -0.39 is 0 Å². The lowest BCUT2D eigenvalue weighted by molar-refractivity contribution is 0.0851. The summed E-state index contributed by atoms with van der Waals surface area (Å²) in [7, 11) is 0. The molecule has 3 heterocycles. The predicted octanol–water partition coefficient (Wildman–Crippen LogP) is 3.03. The molecule has 1 fully saturated rings. The average Bonchev–Trinajstić information content (AvgIpc) is 2.70. The van der Waals surface area contributed by atoms with Gasteiger partial charge in [0.2, 0.25) is 0 Å². The standard InChI is InChI=1S/C18H21N3O2.C2H6/c1-2-16-18(20-7-1)23-17(13-22-16)15-5-3-14(4-6-15)12-21-10-8-19-9-11-21;1-2/h1-7,17,19H,8-13H2;1-2H3. The minimum absolute atomic E-state index is 0.0920. The zero-order valence-electron chi connectivity index (χ0n) is 15.1. The van der Waals surface area contributed by atoms with E-state index in [0.29, 0.717) is 12.5 Å². The van der Waals surface area contributed by atoms with Crippen LogP contribution in [0.5, 0.6) is 11.6 Å². The van der Waals surface area contributed by atoms with Crippen molar-refractivity contribution in [1.82, 2.24) is 15.2 Å². The highest BCUT2D eigenvalue weighted by atomic mass is 16.6. The van der Waals surface area contributed by atoms with Crippen molar-refractivity contribution in [3.05, 3.63) is 53.7 Å². The Morgan fingerprint density at radius 3 is 2.64 bits per heavy atom. The maximum atomic E-state index is 5.95. The van der Waals surface area contributed by atoms with Crippen LogP contribution in [0, 0.1) is 0 Å². The SMILES string of the molecule is CC.c1cnc2c(c1)OCC(c1ccc(CN3CCNCC3)cc1)O2. The van der Waals surface area contributed by atoms with Crippen molar-refractivity contribution in [3.63, 3.8) is 0 Å². The van der Waals surface area contributed by atoms with Crippen molar-refractivity contribution in [2.45, 2.75) is 26.5 Å². The molecule has 4 rings (SSSR count). The highest BCUT2D eigenvalue weighted by Crippen LogP contribution is 2.33. The highest BCUT2D eigenvalue weighted by molar-refractivity contribution is 5.35. The molecule has 0 radical (unpaired) electrons. The molecular weight excluding hydrogens is 314 g/mol. The Morgan fingerprint density at radius 1 is 1.12 bits per heavy atom. The summed E-state index contributed by atoms with van der Waals surface area (Å²) < 4.78 is 11.7. The number of hydrogen-bond acceptors (Lipinski definition) is 5. The van der Waals surface area contributed by atoms with Crippen LogP contribution in [0.3, 0.4) is 0 Å². The molecule has 1 aromatic carbocycles. The minimum atomic E-state index is -0.0920. The lowest BCUT2D eigenvalue weighted by atomic mass is 10.1. The van der Waals surface area contributed by atoms with Crippen LogP contribution >= 0.6 is 0 Å². The third kappa shape index (κ3) is 4.50. The van der Waals surface area contributed by atoms with Gasteiger partial charge in [0, 0.05) is 38.9 Å². The van der Waals surface area contributed by atoms with Gasteiger partial charge in [-0.1, -0.05) is 38.1 Å². The van der Waals surface area contributed by atoms with E-state index in [0.717, 1.165) is 44.0 Å². The first kappa shape index (κ1) is 17.7. The zero-order chi connectivity index (χ0) is 17.5. The number of rotatable bonds is 3. The van der Waals surface area contributed by atoms with Crippen LogP contribution in [0.2, 0.25) is 0 Å². The fourth-order valence-electron chi connectivity index (χ4n) is 3.04. The van der Waals surface area contributed by atoms with E-state index in [4.69, 9.17) is 9.47 Å². The molecule has 0 spiro atoms. The predicted molar refractivity (Wildman–Crippen MR) is 99.0 cm³/mol. The minimum Gasteiger partial charge on any atom is -0.484 e. The maximum Gasteiger partial charge on any atom is 0.257 e. The Kier molecular flexibility index (Phi) is 6.25. The van der Waals surface area contributed by atoms with Crippen LogP contribution in [0.4, 0.5) is 0 Å². The van der Waals surface area contributed by atoms with Crippen LogP contribution in [-0.2, 0) is 6.54 Å². The van der Waals surface area contributed by atoms with Crippen LogP contribution < -0.4 is 14.8 Å². The number of nitrogens with one attached hydrogen (secondary N) is 1. The van der Waals surface area contributed by atoms with Gasteiger partial charge in [0.1, 0.15) is 6.61 Å². The van der Waals surface area contributed by atoms with Gasteiger partial charge in [-0.15, -0.1) is 0 Å². The second-order valence-corrected chi connectivity index (χ2v) is 5.99. The first-order valence-corrected chi connectivity index (χ1v) is 9.15. The van der Waals surface area contributed by atoms with Gasteiger partial charge in [-0.2, -0.15) is 0 Å². The second kappa shape index (κ2) is 8.83. The van der Waals surface area contributed by atoms with E-state index in [1.165, 1.54) is 5.56 Å². The number of benzene rings is 1. The summed E-state index contributed by atoms with van der Waals surface area (Å²) in [6.07, 6.45) is 1.63. The van der Waals surface area contributed by atoms with Crippen LogP contribution in [0.25, 0.3) is 0 Å². The van der Waals surface area contributed by atoms with Gasteiger partial charge in [-0.05, 0) is 23.3 Å². The molecule has 1 atom stereocenters. The largest absolute Gasteiger partial charge is 0.484 e. The lowest BCUT2D eigenvalue weighted by Gasteiger charge is -2.28. The molecule has 0 aliphatic carbocycles. The molecule has 2 aromatic rings. The molecule has 5 nitrogen and oxygen atoms in total. The Morgan fingerprint density at radius 2 is 1.88 bits per heavy atom. The first-order valence-electron chi connectivity index (χ1n) is 9.15. The van der Waals surface area contributed by atoms with Crippen molar-refractivity contribution >= 4 is 0 Å². The number of aromatic nitrogens is 1. The van der Waals surface area contributed by atoms with Crippen molar-refractivity contribution in [2.24, 2.45) is 0 Å². The summed E-state index contributed by atoms with van der Waals surface area (Å²) >= 11 is 0. The molecule has 1 N–H and O–H groups in total. The van der Waals surface area contributed by atoms with Gasteiger partial charge in [0.25, 0.3) is 5.88 Å². The van der Waals surface area contributed by atoms with Crippen LogP contribution in [0.15, 0.2) is 42.6 Å². The second-order valence-electron chi connectivity index (χ2n) is 5.99. The third-order valence-corrected chi connectivity index (χ3v) is 4.35. The fraction of sp³-hybridized carbons (Fsp3) is 0.450. The Balaban J connectivity index is 0.000000880. The summed E-state index contributed by atoms with van der Waals surface area (Å²) in [5.41, 5.74) is 2.47. The fourth-order valence-corrected chi connectivity index (χ4v) is 3.04. The Bertz CT molecular complexity index is 654. The highest BCUT2D eigenvalue weighted by Gasteiger charge is 2.23. The molecule has 5 heteroatoms. The maximum absolute atomic E-state index is 5.95. The molecule has 25 heavy (non-hydrogen) atoms. The van der Waals surface area contributed by atoms with E-state index in [1.54, 1.807) is 6.20 Å². The molecule has 134 valence electrons.